The number of carbonyl (C=O) groups is 1. The van der Waals surface area contributed by atoms with Crippen LogP contribution >= 0.6 is 0 Å². The maximum atomic E-state index is 12.6. The molecule has 0 saturated heterocycles. The highest BCUT2D eigenvalue weighted by Gasteiger charge is 2.24. The van der Waals surface area contributed by atoms with Crippen LogP contribution in [0.3, 0.4) is 0 Å². The standard InChI is InChI=1S/C20H23N5O3/c1-28-14-9-7-12(8-10-14)11-25-19-16(23-20(25)27)15(17(21)26)22-18(24-19)13-5-3-2-4-6-13/h7-10,13H,2-6,11H2,1H3,(H2,21,26)(H,23,27). The topological polar surface area (TPSA) is 116 Å². The zero-order valence-electron chi connectivity index (χ0n) is 15.8. The Labute approximate surface area is 161 Å². The van der Waals surface area contributed by atoms with Crippen molar-refractivity contribution in [2.24, 2.45) is 5.73 Å². The van der Waals surface area contributed by atoms with Gasteiger partial charge in [-0.2, -0.15) is 0 Å². The second kappa shape index (κ2) is 7.46. The average Bonchev–Trinajstić information content (AvgIpc) is 3.03. The van der Waals surface area contributed by atoms with Gasteiger partial charge in [0.15, 0.2) is 11.3 Å². The SMILES string of the molecule is COc1ccc(Cn2c(=O)[nH]c3c(C(N)=O)nc(C4CCCCC4)nc32)cc1. The first-order chi connectivity index (χ1) is 13.6. The number of hydrogen-bond donors (Lipinski definition) is 2. The fraction of sp³-hybridized carbons (Fsp3) is 0.400. The molecule has 0 aliphatic heterocycles. The lowest BCUT2D eigenvalue weighted by Gasteiger charge is -2.20. The van der Waals surface area contributed by atoms with Crippen molar-refractivity contribution in [1.82, 2.24) is 19.5 Å². The van der Waals surface area contributed by atoms with Crippen LogP contribution in [0.25, 0.3) is 11.2 Å². The number of imidazole rings is 1. The minimum absolute atomic E-state index is 0.0798. The van der Waals surface area contributed by atoms with Gasteiger partial charge < -0.3 is 15.5 Å². The van der Waals surface area contributed by atoms with E-state index in [1.807, 2.05) is 24.3 Å². The number of nitrogens with one attached hydrogen (secondary N) is 1. The van der Waals surface area contributed by atoms with Gasteiger partial charge in [-0.15, -0.1) is 0 Å². The van der Waals surface area contributed by atoms with Crippen molar-refractivity contribution in [3.63, 3.8) is 0 Å². The van der Waals surface area contributed by atoms with E-state index in [0.717, 1.165) is 37.0 Å². The van der Waals surface area contributed by atoms with Crippen molar-refractivity contribution in [1.29, 1.82) is 0 Å². The number of nitrogens with two attached hydrogens (primary N) is 1. The number of methoxy groups -OCH3 is 1. The number of benzene rings is 1. The summed E-state index contributed by atoms with van der Waals surface area (Å²) in [6.45, 7) is 0.322. The lowest BCUT2D eigenvalue weighted by molar-refractivity contribution is 0.0996. The minimum Gasteiger partial charge on any atom is -0.497 e. The maximum Gasteiger partial charge on any atom is 0.328 e. The number of primary amides is 1. The third-order valence-electron chi connectivity index (χ3n) is 5.34. The summed E-state index contributed by atoms with van der Waals surface area (Å²) in [5.41, 5.74) is 6.92. The van der Waals surface area contributed by atoms with Gasteiger partial charge in [0.1, 0.15) is 17.1 Å². The maximum absolute atomic E-state index is 12.6. The summed E-state index contributed by atoms with van der Waals surface area (Å²) in [5, 5.41) is 0. The minimum atomic E-state index is -0.665. The van der Waals surface area contributed by atoms with Crippen LogP contribution in [0.5, 0.6) is 5.75 Å². The molecule has 1 fully saturated rings. The summed E-state index contributed by atoms with van der Waals surface area (Å²) in [5.74, 6) is 0.870. The van der Waals surface area contributed by atoms with Gasteiger partial charge in [-0.3, -0.25) is 9.36 Å². The molecule has 8 nitrogen and oxygen atoms in total. The number of hydrogen-bond acceptors (Lipinski definition) is 5. The van der Waals surface area contributed by atoms with E-state index in [9.17, 15) is 9.59 Å². The first kappa shape index (κ1) is 18.2. The number of amides is 1. The number of H-pyrrole nitrogens is 1. The molecular weight excluding hydrogens is 358 g/mol. The van der Waals surface area contributed by atoms with E-state index in [1.165, 1.54) is 11.0 Å². The van der Waals surface area contributed by atoms with Crippen LogP contribution in [0.15, 0.2) is 29.1 Å². The van der Waals surface area contributed by atoms with E-state index in [-0.39, 0.29) is 17.3 Å². The molecule has 146 valence electrons. The Hall–Kier alpha value is -3.16. The van der Waals surface area contributed by atoms with Gasteiger partial charge in [-0.25, -0.2) is 14.8 Å². The molecule has 4 rings (SSSR count). The third kappa shape index (κ3) is 3.37. The molecule has 0 bridgehead atoms. The smallest absolute Gasteiger partial charge is 0.328 e. The van der Waals surface area contributed by atoms with E-state index < -0.39 is 5.91 Å². The lowest BCUT2D eigenvalue weighted by Crippen LogP contribution is -2.19. The summed E-state index contributed by atoms with van der Waals surface area (Å²) >= 11 is 0. The van der Waals surface area contributed by atoms with Gasteiger partial charge >= 0.3 is 5.69 Å². The van der Waals surface area contributed by atoms with Crippen LogP contribution in [-0.2, 0) is 6.54 Å². The first-order valence-electron chi connectivity index (χ1n) is 9.50. The largest absolute Gasteiger partial charge is 0.497 e. The van der Waals surface area contributed by atoms with Gasteiger partial charge in [0.25, 0.3) is 5.91 Å². The summed E-state index contributed by atoms with van der Waals surface area (Å²) < 4.78 is 6.70. The van der Waals surface area contributed by atoms with Gasteiger partial charge in [-0.1, -0.05) is 31.4 Å². The Morgan fingerprint density at radius 1 is 1.21 bits per heavy atom. The van der Waals surface area contributed by atoms with Gasteiger partial charge in [0, 0.05) is 5.92 Å². The first-order valence-corrected chi connectivity index (χ1v) is 9.50. The normalized spacial score (nSPS) is 15.0. The average molecular weight is 381 g/mol. The molecule has 2 aromatic heterocycles. The van der Waals surface area contributed by atoms with Crippen molar-refractivity contribution in [2.45, 2.75) is 44.6 Å². The summed E-state index contributed by atoms with van der Waals surface area (Å²) in [7, 11) is 1.61. The molecule has 3 aromatic rings. The molecule has 28 heavy (non-hydrogen) atoms. The number of ether oxygens (including phenoxy) is 1. The second-order valence-corrected chi connectivity index (χ2v) is 7.19. The van der Waals surface area contributed by atoms with Gasteiger partial charge in [0.2, 0.25) is 0 Å². The Balaban J connectivity index is 1.81. The molecule has 0 spiro atoms. The highest BCUT2D eigenvalue weighted by molar-refractivity contribution is 6.01. The highest BCUT2D eigenvalue weighted by atomic mass is 16.5. The number of aromatic amines is 1. The molecule has 3 N–H and O–H groups in total. The fourth-order valence-electron chi connectivity index (χ4n) is 3.83. The van der Waals surface area contributed by atoms with Crippen molar-refractivity contribution < 1.29 is 9.53 Å². The monoisotopic (exact) mass is 381 g/mol. The van der Waals surface area contributed by atoms with Crippen LogP contribution in [0.1, 0.15) is 59.9 Å². The van der Waals surface area contributed by atoms with E-state index in [4.69, 9.17) is 10.5 Å². The van der Waals surface area contributed by atoms with Gasteiger partial charge in [-0.05, 0) is 30.5 Å². The highest BCUT2D eigenvalue weighted by Crippen LogP contribution is 2.31. The number of aromatic nitrogens is 4. The molecule has 0 unspecified atom stereocenters. The van der Waals surface area contributed by atoms with E-state index in [1.54, 1.807) is 7.11 Å². The van der Waals surface area contributed by atoms with E-state index in [0.29, 0.717) is 23.5 Å². The zero-order chi connectivity index (χ0) is 19.7. The second-order valence-electron chi connectivity index (χ2n) is 7.19. The Bertz CT molecular complexity index is 1060. The molecular formula is C20H23N5O3. The predicted molar refractivity (Wildman–Crippen MR) is 105 cm³/mol. The molecule has 1 aromatic carbocycles. The molecule has 0 atom stereocenters. The Kier molecular flexibility index (Phi) is 4.85. The molecule has 1 amide bonds. The summed E-state index contributed by atoms with van der Waals surface area (Å²) in [6.07, 6.45) is 5.40. The number of carbonyl (C=O) groups excluding carboxylic acids is 1. The Morgan fingerprint density at radius 3 is 2.57 bits per heavy atom. The van der Waals surface area contributed by atoms with E-state index in [2.05, 4.69) is 15.0 Å². The molecule has 1 saturated carbocycles. The van der Waals surface area contributed by atoms with Crippen molar-refractivity contribution in [2.75, 3.05) is 7.11 Å². The van der Waals surface area contributed by atoms with Crippen LogP contribution in [-0.4, -0.2) is 32.5 Å². The van der Waals surface area contributed by atoms with Gasteiger partial charge in [0.05, 0.1) is 13.7 Å². The quantitative estimate of drug-likeness (QED) is 0.704. The molecule has 1 aliphatic rings. The molecule has 1 aliphatic carbocycles. The fourth-order valence-corrected chi connectivity index (χ4v) is 3.83. The van der Waals surface area contributed by atoms with Crippen molar-refractivity contribution in [3.8, 4) is 5.75 Å². The van der Waals surface area contributed by atoms with Crippen LogP contribution in [0, 0.1) is 0 Å². The van der Waals surface area contributed by atoms with Crippen LogP contribution in [0.4, 0.5) is 0 Å². The van der Waals surface area contributed by atoms with E-state index >= 15 is 0 Å². The Morgan fingerprint density at radius 2 is 1.93 bits per heavy atom. The number of nitrogens with zero attached hydrogens (tertiary/aromatic N) is 3. The summed E-state index contributed by atoms with van der Waals surface area (Å²) in [4.78, 5) is 36.4. The molecule has 0 radical (unpaired) electrons. The number of fused-ring (bicyclic) bond motifs is 1. The molecule has 8 heteroatoms. The summed E-state index contributed by atoms with van der Waals surface area (Å²) in [6, 6.07) is 7.46. The number of rotatable bonds is 5. The van der Waals surface area contributed by atoms with Crippen molar-refractivity contribution >= 4 is 17.1 Å². The van der Waals surface area contributed by atoms with Crippen LogP contribution in [0.2, 0.25) is 0 Å². The third-order valence-corrected chi connectivity index (χ3v) is 5.34. The lowest BCUT2D eigenvalue weighted by atomic mass is 9.88. The zero-order valence-corrected chi connectivity index (χ0v) is 15.8. The predicted octanol–water partition coefficient (Wildman–Crippen LogP) is 2.32. The van der Waals surface area contributed by atoms with Crippen molar-refractivity contribution in [3.05, 3.63) is 51.8 Å². The van der Waals surface area contributed by atoms with Crippen LogP contribution < -0.4 is 16.2 Å². The molecule has 2 heterocycles.